The number of nitrogens with one attached hydrogen (secondary N) is 1. The summed E-state index contributed by atoms with van der Waals surface area (Å²) in [5.74, 6) is -0.406. The van der Waals surface area contributed by atoms with Crippen LogP contribution in [0.25, 0.3) is 0 Å². The standard InChI is InChI=1S/C19H21F3N2O2/c1-24(2)12-17(14-7-4-3-5-8-14)23-18(25)13-26-16-10-6-9-15(11-16)19(20,21)22/h3-11,17H,12-13H2,1-2H3,(H,23,25)/t17-/m0/s1. The van der Waals surface area contributed by atoms with Gasteiger partial charge in [-0.05, 0) is 37.9 Å². The molecule has 0 aliphatic rings. The van der Waals surface area contributed by atoms with E-state index in [1.165, 1.54) is 12.1 Å². The van der Waals surface area contributed by atoms with Gasteiger partial charge in [0.25, 0.3) is 5.91 Å². The fourth-order valence-corrected chi connectivity index (χ4v) is 2.43. The van der Waals surface area contributed by atoms with Crippen LogP contribution in [0.4, 0.5) is 13.2 Å². The molecule has 0 aliphatic carbocycles. The molecule has 0 unspecified atom stereocenters. The Morgan fingerprint density at radius 3 is 2.42 bits per heavy atom. The van der Waals surface area contributed by atoms with E-state index < -0.39 is 17.6 Å². The van der Waals surface area contributed by atoms with Gasteiger partial charge in [0.2, 0.25) is 0 Å². The van der Waals surface area contributed by atoms with Crippen molar-refractivity contribution < 1.29 is 22.7 Å². The molecule has 0 radical (unpaired) electrons. The van der Waals surface area contributed by atoms with Crippen LogP contribution < -0.4 is 10.1 Å². The van der Waals surface area contributed by atoms with Crippen molar-refractivity contribution in [2.75, 3.05) is 27.2 Å². The number of hydrogen-bond acceptors (Lipinski definition) is 3. The van der Waals surface area contributed by atoms with E-state index in [9.17, 15) is 18.0 Å². The van der Waals surface area contributed by atoms with Crippen molar-refractivity contribution >= 4 is 5.91 Å². The molecule has 1 amide bonds. The summed E-state index contributed by atoms with van der Waals surface area (Å²) in [4.78, 5) is 14.1. The molecule has 140 valence electrons. The van der Waals surface area contributed by atoms with E-state index in [1.807, 2.05) is 49.3 Å². The molecule has 0 heterocycles. The molecule has 2 aromatic rings. The van der Waals surface area contributed by atoms with Gasteiger partial charge in [0.15, 0.2) is 6.61 Å². The van der Waals surface area contributed by atoms with Crippen LogP contribution in [0, 0.1) is 0 Å². The average Bonchev–Trinajstić information content (AvgIpc) is 2.59. The highest BCUT2D eigenvalue weighted by molar-refractivity contribution is 5.78. The van der Waals surface area contributed by atoms with E-state index in [0.717, 1.165) is 17.7 Å². The molecule has 0 saturated carbocycles. The zero-order valence-electron chi connectivity index (χ0n) is 14.6. The second-order valence-corrected chi connectivity index (χ2v) is 6.11. The van der Waals surface area contributed by atoms with Crippen molar-refractivity contribution in [3.8, 4) is 5.75 Å². The minimum atomic E-state index is -4.45. The predicted molar refractivity (Wildman–Crippen MR) is 92.8 cm³/mol. The lowest BCUT2D eigenvalue weighted by atomic mass is 10.1. The van der Waals surface area contributed by atoms with Crippen LogP contribution in [0.2, 0.25) is 0 Å². The average molecular weight is 366 g/mol. The Bertz CT molecular complexity index is 718. The maximum absolute atomic E-state index is 12.7. The molecule has 26 heavy (non-hydrogen) atoms. The van der Waals surface area contributed by atoms with Crippen molar-refractivity contribution in [3.05, 3.63) is 65.7 Å². The lowest BCUT2D eigenvalue weighted by Crippen LogP contribution is -2.37. The van der Waals surface area contributed by atoms with E-state index in [-0.39, 0.29) is 18.4 Å². The van der Waals surface area contributed by atoms with Crippen LogP contribution in [0.3, 0.4) is 0 Å². The van der Waals surface area contributed by atoms with Crippen molar-refractivity contribution in [2.24, 2.45) is 0 Å². The first-order chi connectivity index (χ1) is 12.3. The van der Waals surface area contributed by atoms with E-state index in [1.54, 1.807) is 0 Å². The molecule has 0 aliphatic heterocycles. The molecule has 1 N–H and O–H groups in total. The highest BCUT2D eigenvalue weighted by Crippen LogP contribution is 2.31. The van der Waals surface area contributed by atoms with Crippen LogP contribution in [-0.4, -0.2) is 38.1 Å². The summed E-state index contributed by atoms with van der Waals surface area (Å²) in [6.45, 7) is 0.220. The minimum absolute atomic E-state index is 0.00107. The fraction of sp³-hybridized carbons (Fsp3) is 0.316. The van der Waals surface area contributed by atoms with Crippen LogP contribution >= 0.6 is 0 Å². The number of nitrogens with zero attached hydrogens (tertiary/aromatic N) is 1. The van der Waals surface area contributed by atoms with Gasteiger partial charge in [0.05, 0.1) is 11.6 Å². The second kappa shape index (κ2) is 8.71. The Kier molecular flexibility index (Phi) is 6.63. The number of benzene rings is 2. The highest BCUT2D eigenvalue weighted by Gasteiger charge is 2.30. The van der Waals surface area contributed by atoms with Gasteiger partial charge in [0.1, 0.15) is 5.75 Å². The number of ether oxygens (including phenoxy) is 1. The van der Waals surface area contributed by atoms with Gasteiger partial charge in [-0.3, -0.25) is 4.79 Å². The summed E-state index contributed by atoms with van der Waals surface area (Å²) in [5, 5.41) is 2.85. The molecule has 0 aromatic heterocycles. The van der Waals surface area contributed by atoms with E-state index in [4.69, 9.17) is 4.74 Å². The Hall–Kier alpha value is -2.54. The number of hydrogen-bond donors (Lipinski definition) is 1. The maximum Gasteiger partial charge on any atom is 0.416 e. The largest absolute Gasteiger partial charge is 0.484 e. The number of halogens is 3. The van der Waals surface area contributed by atoms with Crippen molar-refractivity contribution in [1.82, 2.24) is 10.2 Å². The lowest BCUT2D eigenvalue weighted by Gasteiger charge is -2.23. The van der Waals surface area contributed by atoms with Gasteiger partial charge in [-0.2, -0.15) is 13.2 Å². The number of rotatable bonds is 7. The van der Waals surface area contributed by atoms with Crippen molar-refractivity contribution in [2.45, 2.75) is 12.2 Å². The quantitative estimate of drug-likeness (QED) is 0.816. The van der Waals surface area contributed by atoms with Crippen LogP contribution in [0.5, 0.6) is 5.75 Å². The Balaban J connectivity index is 1.98. The van der Waals surface area contributed by atoms with Crippen LogP contribution in [-0.2, 0) is 11.0 Å². The number of likely N-dealkylation sites (N-methyl/N-ethyl adjacent to an activating group) is 1. The summed E-state index contributed by atoms with van der Waals surface area (Å²) in [6.07, 6.45) is -4.45. The minimum Gasteiger partial charge on any atom is -0.484 e. The smallest absolute Gasteiger partial charge is 0.416 e. The van der Waals surface area contributed by atoms with Gasteiger partial charge in [0, 0.05) is 6.54 Å². The molecular weight excluding hydrogens is 345 g/mol. The Morgan fingerprint density at radius 1 is 1.12 bits per heavy atom. The van der Waals surface area contributed by atoms with Gasteiger partial charge in [-0.15, -0.1) is 0 Å². The highest BCUT2D eigenvalue weighted by atomic mass is 19.4. The molecule has 1 atom stereocenters. The monoisotopic (exact) mass is 366 g/mol. The van der Waals surface area contributed by atoms with Gasteiger partial charge in [-0.25, -0.2) is 0 Å². The zero-order valence-corrected chi connectivity index (χ0v) is 14.6. The van der Waals surface area contributed by atoms with E-state index in [0.29, 0.717) is 6.54 Å². The second-order valence-electron chi connectivity index (χ2n) is 6.11. The van der Waals surface area contributed by atoms with E-state index >= 15 is 0 Å². The third-order valence-electron chi connectivity index (χ3n) is 3.62. The van der Waals surface area contributed by atoms with Gasteiger partial charge < -0.3 is 15.0 Å². The van der Waals surface area contributed by atoms with Crippen molar-refractivity contribution in [3.63, 3.8) is 0 Å². The SMILES string of the molecule is CN(C)C[C@H](NC(=O)COc1cccc(C(F)(F)F)c1)c1ccccc1. The molecule has 0 saturated heterocycles. The fourth-order valence-electron chi connectivity index (χ4n) is 2.43. The topological polar surface area (TPSA) is 41.6 Å². The summed E-state index contributed by atoms with van der Waals surface area (Å²) in [6, 6.07) is 13.7. The molecular formula is C19H21F3N2O2. The summed E-state index contributed by atoms with van der Waals surface area (Å²) in [5.41, 5.74) is 0.124. The first kappa shape index (κ1) is 19.8. The molecule has 0 bridgehead atoms. The Morgan fingerprint density at radius 2 is 1.81 bits per heavy atom. The molecule has 0 fully saturated rings. The number of carbonyl (C=O) groups is 1. The molecule has 2 rings (SSSR count). The maximum atomic E-state index is 12.7. The lowest BCUT2D eigenvalue weighted by molar-refractivity contribution is -0.137. The van der Waals surface area contributed by atoms with E-state index in [2.05, 4.69) is 5.32 Å². The zero-order chi connectivity index (χ0) is 19.2. The third-order valence-corrected chi connectivity index (χ3v) is 3.62. The van der Waals surface area contributed by atoms with Gasteiger partial charge >= 0.3 is 6.18 Å². The molecule has 4 nitrogen and oxygen atoms in total. The molecule has 7 heteroatoms. The number of alkyl halides is 3. The Labute approximate surface area is 150 Å². The first-order valence-electron chi connectivity index (χ1n) is 8.05. The number of amides is 1. The summed E-state index contributed by atoms with van der Waals surface area (Å²) in [7, 11) is 3.78. The van der Waals surface area contributed by atoms with Crippen LogP contribution in [0.15, 0.2) is 54.6 Å². The van der Waals surface area contributed by atoms with Crippen LogP contribution in [0.1, 0.15) is 17.2 Å². The normalized spacial score (nSPS) is 12.7. The van der Waals surface area contributed by atoms with Crippen molar-refractivity contribution in [1.29, 1.82) is 0 Å². The summed E-state index contributed by atoms with van der Waals surface area (Å²) < 4.78 is 43.3. The predicted octanol–water partition coefficient (Wildman–Crippen LogP) is 3.50. The summed E-state index contributed by atoms with van der Waals surface area (Å²) >= 11 is 0. The number of carbonyl (C=O) groups excluding carboxylic acids is 1. The first-order valence-corrected chi connectivity index (χ1v) is 8.05. The van der Waals surface area contributed by atoms with Gasteiger partial charge in [-0.1, -0.05) is 36.4 Å². The molecule has 0 spiro atoms. The molecule has 2 aromatic carbocycles. The third kappa shape index (κ3) is 6.07.